The summed E-state index contributed by atoms with van der Waals surface area (Å²) in [6.07, 6.45) is 0.0226. The van der Waals surface area contributed by atoms with Crippen LogP contribution < -0.4 is 15.0 Å². The molecule has 1 aliphatic heterocycles. The lowest BCUT2D eigenvalue weighted by atomic mass is 10.1. The summed E-state index contributed by atoms with van der Waals surface area (Å²) in [6.45, 7) is 5.59. The molecule has 0 unspecified atom stereocenters. The maximum absolute atomic E-state index is 12.6. The summed E-state index contributed by atoms with van der Waals surface area (Å²) >= 11 is 6.06. The fourth-order valence-electron chi connectivity index (χ4n) is 3.91. The van der Waals surface area contributed by atoms with E-state index in [1.165, 1.54) is 5.56 Å². The van der Waals surface area contributed by atoms with Crippen LogP contribution in [-0.2, 0) is 19.1 Å². The average molecular weight is 507 g/mol. The zero-order valence-electron chi connectivity index (χ0n) is 20.3. The monoisotopic (exact) mass is 506 g/mol. The van der Waals surface area contributed by atoms with Gasteiger partial charge in [-0.1, -0.05) is 23.7 Å². The van der Waals surface area contributed by atoms with Crippen molar-refractivity contribution in [1.82, 2.24) is 0 Å². The van der Waals surface area contributed by atoms with Crippen LogP contribution in [0.4, 0.5) is 11.4 Å². The van der Waals surface area contributed by atoms with Gasteiger partial charge in [0, 0.05) is 29.4 Å². The molecule has 1 atom stereocenters. The lowest BCUT2D eigenvalue weighted by Gasteiger charge is -2.17. The summed E-state index contributed by atoms with van der Waals surface area (Å²) in [7, 11) is 0. The fraction of sp³-hybridized carbons (Fsp3) is 0.250. The van der Waals surface area contributed by atoms with Gasteiger partial charge in [-0.05, 0) is 86.0 Å². The largest absolute Gasteiger partial charge is 0.457 e. The Morgan fingerprint density at radius 1 is 1.00 bits per heavy atom. The van der Waals surface area contributed by atoms with Gasteiger partial charge in [-0.3, -0.25) is 14.4 Å². The van der Waals surface area contributed by atoms with E-state index in [1.54, 1.807) is 54.3 Å². The number of ether oxygens (including phenoxy) is 2. The Morgan fingerprint density at radius 3 is 2.44 bits per heavy atom. The van der Waals surface area contributed by atoms with Crippen molar-refractivity contribution in [2.75, 3.05) is 23.4 Å². The molecule has 1 saturated heterocycles. The first-order valence-corrected chi connectivity index (χ1v) is 12.0. The van der Waals surface area contributed by atoms with E-state index >= 15 is 0 Å². The number of nitrogens with zero attached hydrogens (tertiary/aromatic N) is 1. The van der Waals surface area contributed by atoms with Crippen molar-refractivity contribution in [2.45, 2.75) is 27.2 Å². The second-order valence-electron chi connectivity index (χ2n) is 8.82. The van der Waals surface area contributed by atoms with Gasteiger partial charge in [-0.15, -0.1) is 0 Å². The molecule has 1 aliphatic rings. The Kier molecular flexibility index (Phi) is 7.60. The van der Waals surface area contributed by atoms with Gasteiger partial charge in [-0.25, -0.2) is 0 Å². The number of rotatable bonds is 7. The van der Waals surface area contributed by atoms with Crippen LogP contribution in [0.25, 0.3) is 0 Å². The number of anilines is 2. The molecule has 2 amide bonds. The predicted molar refractivity (Wildman–Crippen MR) is 139 cm³/mol. The maximum Gasteiger partial charge on any atom is 0.311 e. The molecule has 186 valence electrons. The molecule has 1 N–H and O–H groups in total. The maximum atomic E-state index is 12.6. The van der Waals surface area contributed by atoms with Gasteiger partial charge >= 0.3 is 5.97 Å². The number of nitrogens with one attached hydrogen (secondary N) is 1. The first kappa shape index (κ1) is 25.3. The topological polar surface area (TPSA) is 84.9 Å². The molecule has 1 heterocycles. The Bertz CT molecular complexity index is 1310. The van der Waals surface area contributed by atoms with Crippen LogP contribution in [0.3, 0.4) is 0 Å². The van der Waals surface area contributed by atoms with E-state index in [1.807, 2.05) is 32.0 Å². The minimum atomic E-state index is -0.648. The summed E-state index contributed by atoms with van der Waals surface area (Å²) in [5, 5.41) is 3.21. The van der Waals surface area contributed by atoms with Crippen molar-refractivity contribution in [2.24, 2.45) is 5.92 Å². The van der Waals surface area contributed by atoms with Crippen molar-refractivity contribution < 1.29 is 23.9 Å². The van der Waals surface area contributed by atoms with Crippen LogP contribution in [-0.4, -0.2) is 30.9 Å². The molecule has 4 rings (SSSR count). The minimum absolute atomic E-state index is 0.0226. The molecule has 0 bridgehead atoms. The molecular weight excluding hydrogens is 480 g/mol. The third kappa shape index (κ3) is 5.86. The Balaban J connectivity index is 1.30. The second kappa shape index (κ2) is 10.8. The molecule has 0 spiro atoms. The fourth-order valence-corrected chi connectivity index (χ4v) is 4.08. The number of carbonyl (C=O) groups excluding carboxylic acids is 3. The molecule has 7 nitrogen and oxygen atoms in total. The zero-order chi connectivity index (χ0) is 25.8. The Hall–Kier alpha value is -3.84. The highest BCUT2D eigenvalue weighted by Gasteiger charge is 2.36. The van der Waals surface area contributed by atoms with Crippen molar-refractivity contribution in [3.8, 4) is 11.5 Å². The van der Waals surface area contributed by atoms with E-state index in [0.29, 0.717) is 22.1 Å². The van der Waals surface area contributed by atoms with E-state index in [-0.39, 0.29) is 18.9 Å². The first-order chi connectivity index (χ1) is 17.2. The van der Waals surface area contributed by atoms with E-state index in [0.717, 1.165) is 16.9 Å². The second-order valence-corrected chi connectivity index (χ2v) is 9.22. The molecule has 0 aromatic heterocycles. The minimum Gasteiger partial charge on any atom is -0.457 e. The van der Waals surface area contributed by atoms with Crippen molar-refractivity contribution in [3.63, 3.8) is 0 Å². The molecule has 0 radical (unpaired) electrons. The van der Waals surface area contributed by atoms with Crippen LogP contribution in [0.5, 0.6) is 11.5 Å². The highest BCUT2D eigenvalue weighted by atomic mass is 35.5. The number of halogens is 1. The average Bonchev–Trinajstić information content (AvgIpc) is 3.25. The van der Waals surface area contributed by atoms with Gasteiger partial charge in [0.2, 0.25) is 5.91 Å². The summed E-state index contributed by atoms with van der Waals surface area (Å²) in [5.41, 5.74) is 4.27. The van der Waals surface area contributed by atoms with E-state index < -0.39 is 24.4 Å². The van der Waals surface area contributed by atoms with Crippen molar-refractivity contribution >= 4 is 40.8 Å². The summed E-state index contributed by atoms with van der Waals surface area (Å²) < 4.78 is 11.1. The van der Waals surface area contributed by atoms with E-state index in [9.17, 15) is 14.4 Å². The van der Waals surface area contributed by atoms with Crippen molar-refractivity contribution in [3.05, 3.63) is 82.4 Å². The predicted octanol–water partition coefficient (Wildman–Crippen LogP) is 5.59. The number of esters is 1. The van der Waals surface area contributed by atoms with Gasteiger partial charge in [0.15, 0.2) is 6.61 Å². The van der Waals surface area contributed by atoms with Gasteiger partial charge in [-0.2, -0.15) is 0 Å². The summed E-state index contributed by atoms with van der Waals surface area (Å²) in [6, 6.07) is 18.2. The van der Waals surface area contributed by atoms with E-state index in [2.05, 4.69) is 5.32 Å². The van der Waals surface area contributed by atoms with Crippen LogP contribution in [0.1, 0.15) is 23.1 Å². The van der Waals surface area contributed by atoms with Gasteiger partial charge in [0.05, 0.1) is 5.92 Å². The van der Waals surface area contributed by atoms with E-state index in [4.69, 9.17) is 21.1 Å². The quantitative estimate of drug-likeness (QED) is 0.422. The third-order valence-electron chi connectivity index (χ3n) is 6.21. The highest BCUT2D eigenvalue weighted by molar-refractivity contribution is 6.31. The lowest BCUT2D eigenvalue weighted by molar-refractivity contribution is -0.151. The standard InChI is InChI=1S/C28H27ClN2O5/c1-17-7-10-23(13-18(17)2)36-22-11-8-21(9-12-22)31-15-20(14-27(31)33)28(34)35-16-26(32)30-25-6-4-5-24(29)19(25)3/h4-13,20H,14-16H2,1-3H3,(H,30,32)/t20-/m1/s1. The van der Waals surface area contributed by atoms with Gasteiger partial charge < -0.3 is 19.7 Å². The molecule has 8 heteroatoms. The number of carbonyl (C=O) groups is 3. The Labute approximate surface area is 215 Å². The van der Waals surface area contributed by atoms with Crippen LogP contribution in [0.2, 0.25) is 5.02 Å². The zero-order valence-corrected chi connectivity index (χ0v) is 21.1. The molecule has 1 fully saturated rings. The van der Waals surface area contributed by atoms with Crippen LogP contribution in [0.15, 0.2) is 60.7 Å². The molecule has 3 aromatic rings. The highest BCUT2D eigenvalue weighted by Crippen LogP contribution is 2.30. The smallest absolute Gasteiger partial charge is 0.311 e. The number of aryl methyl sites for hydroxylation is 2. The molecule has 0 saturated carbocycles. The first-order valence-electron chi connectivity index (χ1n) is 11.6. The third-order valence-corrected chi connectivity index (χ3v) is 6.62. The summed E-state index contributed by atoms with van der Waals surface area (Å²) in [4.78, 5) is 38.9. The normalized spacial score (nSPS) is 15.1. The van der Waals surface area contributed by atoms with Crippen molar-refractivity contribution in [1.29, 1.82) is 0 Å². The molecule has 36 heavy (non-hydrogen) atoms. The number of benzene rings is 3. The van der Waals surface area contributed by atoms with Crippen LogP contribution >= 0.6 is 11.6 Å². The van der Waals surface area contributed by atoms with Gasteiger partial charge in [0.1, 0.15) is 11.5 Å². The van der Waals surface area contributed by atoms with Crippen LogP contribution in [0, 0.1) is 26.7 Å². The summed E-state index contributed by atoms with van der Waals surface area (Å²) in [5.74, 6) is -0.512. The Morgan fingerprint density at radius 2 is 1.72 bits per heavy atom. The number of amides is 2. The number of hydrogen-bond donors (Lipinski definition) is 1. The SMILES string of the molecule is Cc1ccc(Oc2ccc(N3C[C@H](C(=O)OCC(=O)Nc4cccc(Cl)c4C)CC3=O)cc2)cc1C. The molecule has 0 aliphatic carbocycles. The molecule has 3 aromatic carbocycles. The van der Waals surface area contributed by atoms with Gasteiger partial charge in [0.25, 0.3) is 5.91 Å². The lowest BCUT2D eigenvalue weighted by Crippen LogP contribution is -2.28. The molecular formula is C28H27ClN2O5. The number of hydrogen-bond acceptors (Lipinski definition) is 5.